The van der Waals surface area contributed by atoms with Crippen LogP contribution >= 0.6 is 7.82 Å². The van der Waals surface area contributed by atoms with E-state index in [2.05, 4.69) is 16.1 Å². The van der Waals surface area contributed by atoms with E-state index in [4.69, 9.17) is 9.05 Å². The maximum absolute atomic E-state index is 12.6. The molecule has 2 rings (SSSR count). The highest BCUT2D eigenvalue weighted by Crippen LogP contribution is 2.49. The first-order valence-corrected chi connectivity index (χ1v) is 7.69. The molecule has 0 atom stereocenters. The molecule has 114 valence electrons. The summed E-state index contributed by atoms with van der Waals surface area (Å²) >= 11 is 0. The molecule has 6 nitrogen and oxygen atoms in total. The Hall–Kier alpha value is -2.56. The lowest BCUT2D eigenvalue weighted by atomic mass is 10.3. The molecular weight excluding hydrogens is 307 g/mol. The zero-order valence-electron chi connectivity index (χ0n) is 11.5. The molecule has 0 spiro atoms. The molecule has 22 heavy (non-hydrogen) atoms. The van der Waals surface area contributed by atoms with Crippen LogP contribution in [0.4, 0.5) is 0 Å². The summed E-state index contributed by atoms with van der Waals surface area (Å²) in [7, 11) is -4.22. The highest BCUT2D eigenvalue weighted by atomic mass is 31.2. The minimum absolute atomic E-state index is 0.233. The second kappa shape index (κ2) is 7.45. The SMILES string of the molecule is C=CC(=O)OOP(=O)(Oc1ccccc1)Oc1ccccc1. The number of para-hydroxylation sites is 2. The molecule has 0 aliphatic heterocycles. The maximum atomic E-state index is 12.6. The Kier molecular flexibility index (Phi) is 5.36. The lowest BCUT2D eigenvalue weighted by Crippen LogP contribution is -2.08. The van der Waals surface area contributed by atoms with Gasteiger partial charge in [-0.3, -0.25) is 4.89 Å². The van der Waals surface area contributed by atoms with Gasteiger partial charge >= 0.3 is 13.8 Å². The van der Waals surface area contributed by atoms with Crippen molar-refractivity contribution in [3.05, 3.63) is 73.3 Å². The second-order valence-corrected chi connectivity index (χ2v) is 5.35. The first kappa shape index (κ1) is 15.8. The van der Waals surface area contributed by atoms with E-state index in [1.165, 1.54) is 0 Å². The molecule has 0 aromatic heterocycles. The Morgan fingerprint density at radius 2 is 1.36 bits per heavy atom. The molecule has 0 N–H and O–H groups in total. The normalized spacial score (nSPS) is 10.5. The van der Waals surface area contributed by atoms with E-state index in [1.807, 2.05) is 0 Å². The average Bonchev–Trinajstić information content (AvgIpc) is 2.54. The van der Waals surface area contributed by atoms with Gasteiger partial charge in [-0.2, -0.15) is 0 Å². The van der Waals surface area contributed by atoms with E-state index < -0.39 is 13.8 Å². The number of phosphoric ester groups is 1. The lowest BCUT2D eigenvalue weighted by molar-refractivity contribution is -0.214. The minimum atomic E-state index is -4.22. The van der Waals surface area contributed by atoms with Crippen LogP contribution in [0.2, 0.25) is 0 Å². The van der Waals surface area contributed by atoms with Crippen LogP contribution in [0.15, 0.2) is 73.3 Å². The summed E-state index contributed by atoms with van der Waals surface area (Å²) in [4.78, 5) is 15.4. The first-order chi connectivity index (χ1) is 10.6. The van der Waals surface area contributed by atoms with Crippen molar-refractivity contribution in [2.24, 2.45) is 0 Å². The largest absolute Gasteiger partial charge is 0.625 e. The quantitative estimate of drug-likeness (QED) is 0.333. The van der Waals surface area contributed by atoms with Crippen LogP contribution in [-0.4, -0.2) is 5.97 Å². The number of carbonyl (C=O) groups is 1. The molecule has 0 aliphatic carbocycles. The van der Waals surface area contributed by atoms with E-state index in [-0.39, 0.29) is 11.5 Å². The van der Waals surface area contributed by atoms with Crippen LogP contribution < -0.4 is 9.05 Å². The third kappa shape index (κ3) is 4.77. The van der Waals surface area contributed by atoms with Crippen LogP contribution in [0, 0.1) is 0 Å². The van der Waals surface area contributed by atoms with Crippen molar-refractivity contribution >= 4 is 13.8 Å². The van der Waals surface area contributed by atoms with Crippen LogP contribution in [0.1, 0.15) is 0 Å². The van der Waals surface area contributed by atoms with E-state index >= 15 is 0 Å². The fraction of sp³-hybridized carbons (Fsp3) is 0. The number of phosphoric acid groups is 1. The van der Waals surface area contributed by atoms with Gasteiger partial charge in [0.05, 0.1) is 0 Å². The standard InChI is InChI=1S/C15H13O6P/c1-2-15(16)18-21-22(17,19-13-9-5-3-6-10-13)20-14-11-7-4-8-12-14/h2-12H,1H2. The summed E-state index contributed by atoms with van der Waals surface area (Å²) < 4.78 is 27.6. The Bertz CT molecular complexity index is 625. The third-order valence-corrected chi connectivity index (χ3v) is 3.42. The minimum Gasteiger partial charge on any atom is -0.393 e. The number of carbonyl (C=O) groups excluding carboxylic acids is 1. The topological polar surface area (TPSA) is 71.1 Å². The molecule has 0 bridgehead atoms. The van der Waals surface area contributed by atoms with Crippen LogP contribution in [-0.2, 0) is 18.9 Å². The fourth-order valence-electron chi connectivity index (χ4n) is 1.39. The first-order valence-electron chi connectivity index (χ1n) is 6.23. The summed E-state index contributed by atoms with van der Waals surface area (Å²) in [5.41, 5.74) is 0. The van der Waals surface area contributed by atoms with Gasteiger partial charge < -0.3 is 9.05 Å². The molecular formula is C15H13O6P. The van der Waals surface area contributed by atoms with Crippen molar-refractivity contribution < 1.29 is 28.0 Å². The molecule has 0 aliphatic rings. The number of rotatable bonds is 7. The zero-order valence-corrected chi connectivity index (χ0v) is 12.3. The van der Waals surface area contributed by atoms with Gasteiger partial charge in [-0.1, -0.05) is 47.7 Å². The van der Waals surface area contributed by atoms with E-state index in [0.29, 0.717) is 0 Å². The van der Waals surface area contributed by atoms with Crippen molar-refractivity contribution in [2.75, 3.05) is 0 Å². The fourth-order valence-corrected chi connectivity index (χ4v) is 2.41. The summed E-state index contributed by atoms with van der Waals surface area (Å²) in [6.45, 7) is 3.20. The van der Waals surface area contributed by atoms with Gasteiger partial charge in [-0.25, -0.2) is 9.36 Å². The summed E-state index contributed by atoms with van der Waals surface area (Å²) in [6, 6.07) is 16.5. The molecule has 0 heterocycles. The highest BCUT2D eigenvalue weighted by Gasteiger charge is 2.34. The Balaban J connectivity index is 2.17. The van der Waals surface area contributed by atoms with Gasteiger partial charge in [0, 0.05) is 6.08 Å². The van der Waals surface area contributed by atoms with Gasteiger partial charge in [0.25, 0.3) is 0 Å². The summed E-state index contributed by atoms with van der Waals surface area (Å²) in [6.07, 6.45) is 0.857. The van der Waals surface area contributed by atoms with Crippen LogP contribution in [0.5, 0.6) is 11.5 Å². The van der Waals surface area contributed by atoms with Crippen LogP contribution in [0.3, 0.4) is 0 Å². The predicted molar refractivity (Wildman–Crippen MR) is 79.1 cm³/mol. The van der Waals surface area contributed by atoms with Crippen molar-refractivity contribution in [3.63, 3.8) is 0 Å². The molecule has 0 unspecified atom stereocenters. The molecule has 0 saturated heterocycles. The van der Waals surface area contributed by atoms with Crippen molar-refractivity contribution in [3.8, 4) is 11.5 Å². The smallest absolute Gasteiger partial charge is 0.393 e. The van der Waals surface area contributed by atoms with Crippen molar-refractivity contribution in [1.29, 1.82) is 0 Å². The van der Waals surface area contributed by atoms with Crippen molar-refractivity contribution in [2.45, 2.75) is 0 Å². The number of hydrogen-bond acceptors (Lipinski definition) is 6. The van der Waals surface area contributed by atoms with Crippen LogP contribution in [0.25, 0.3) is 0 Å². The second-order valence-electron chi connectivity index (χ2n) is 3.94. The van der Waals surface area contributed by atoms with Gasteiger partial charge in [0.15, 0.2) is 0 Å². The zero-order chi connectivity index (χ0) is 15.8. The Morgan fingerprint density at radius 3 is 1.77 bits per heavy atom. The Labute approximate surface area is 127 Å². The van der Waals surface area contributed by atoms with Gasteiger partial charge in [0.1, 0.15) is 11.5 Å². The van der Waals surface area contributed by atoms with Gasteiger partial charge in [0.2, 0.25) is 0 Å². The molecule has 0 fully saturated rings. The maximum Gasteiger partial charge on any atom is 0.625 e. The van der Waals surface area contributed by atoms with Gasteiger partial charge in [-0.15, -0.1) is 0 Å². The lowest BCUT2D eigenvalue weighted by Gasteiger charge is -2.16. The Morgan fingerprint density at radius 1 is 0.909 bits per heavy atom. The third-order valence-electron chi connectivity index (χ3n) is 2.30. The summed E-state index contributed by atoms with van der Waals surface area (Å²) in [5.74, 6) is -0.457. The monoisotopic (exact) mass is 320 g/mol. The molecule has 0 saturated carbocycles. The highest BCUT2D eigenvalue weighted by molar-refractivity contribution is 7.49. The molecule has 0 radical (unpaired) electrons. The van der Waals surface area contributed by atoms with E-state index in [9.17, 15) is 9.36 Å². The number of benzene rings is 2. The number of hydrogen-bond donors (Lipinski definition) is 0. The molecule has 7 heteroatoms. The van der Waals surface area contributed by atoms with Gasteiger partial charge in [-0.05, 0) is 24.3 Å². The van der Waals surface area contributed by atoms with E-state index in [0.717, 1.165) is 6.08 Å². The molecule has 2 aromatic rings. The molecule has 0 amide bonds. The average molecular weight is 320 g/mol. The van der Waals surface area contributed by atoms with Crippen molar-refractivity contribution in [1.82, 2.24) is 0 Å². The predicted octanol–water partition coefficient (Wildman–Crippen LogP) is 3.91. The van der Waals surface area contributed by atoms with E-state index in [1.54, 1.807) is 60.7 Å². The summed E-state index contributed by atoms with van der Waals surface area (Å²) in [5, 5.41) is 0. The molecule has 2 aromatic carbocycles.